The molecule has 6 heteroatoms. The molecule has 0 heterocycles. The van der Waals surface area contributed by atoms with Gasteiger partial charge in [0.15, 0.2) is 6.61 Å². The Hall–Kier alpha value is -3.64. The van der Waals surface area contributed by atoms with Crippen molar-refractivity contribution >= 4 is 23.5 Å². The number of phenolic OH excluding ortho intramolecular Hbond substituents is 1. The van der Waals surface area contributed by atoms with Crippen LogP contribution in [0.5, 0.6) is 5.75 Å². The molecule has 2 N–H and O–H groups in total. The Morgan fingerprint density at radius 2 is 1.88 bits per heavy atom. The maximum atomic E-state index is 13.3. The molecule has 0 aromatic heterocycles. The summed E-state index contributed by atoms with van der Waals surface area (Å²) in [7, 11) is 1.56. The van der Waals surface area contributed by atoms with Crippen LogP contribution in [0, 0.1) is 0 Å². The molecule has 0 bridgehead atoms. The van der Waals surface area contributed by atoms with Crippen LogP contribution in [-0.4, -0.2) is 43.9 Å². The van der Waals surface area contributed by atoms with E-state index in [2.05, 4.69) is 17.5 Å². The van der Waals surface area contributed by atoms with Gasteiger partial charge in [-0.25, -0.2) is 4.79 Å². The van der Waals surface area contributed by atoms with E-state index >= 15 is 0 Å². The van der Waals surface area contributed by atoms with Crippen LogP contribution in [0.25, 0.3) is 11.6 Å². The van der Waals surface area contributed by atoms with E-state index in [0.717, 1.165) is 52.7 Å². The van der Waals surface area contributed by atoms with Crippen LogP contribution < -0.4 is 5.32 Å². The van der Waals surface area contributed by atoms with E-state index in [1.807, 2.05) is 36.4 Å². The molecule has 0 radical (unpaired) electrons. The van der Waals surface area contributed by atoms with E-state index < -0.39 is 5.97 Å². The lowest BCUT2D eigenvalue weighted by atomic mass is 9.81. The second kappa shape index (κ2) is 11.0. The second-order valence-corrected chi connectivity index (χ2v) is 8.37. The van der Waals surface area contributed by atoms with Crippen molar-refractivity contribution in [2.75, 3.05) is 26.9 Å². The molecule has 1 saturated carbocycles. The molecule has 1 fully saturated rings. The maximum Gasteiger partial charge on any atom is 0.339 e. The minimum Gasteiger partial charge on any atom is -0.508 e. The molecule has 2 aliphatic carbocycles. The Labute approximate surface area is 199 Å². The highest BCUT2D eigenvalue weighted by molar-refractivity contribution is 6.19. The number of hydrogen-bond acceptors (Lipinski definition) is 5. The van der Waals surface area contributed by atoms with Crippen LogP contribution in [0.1, 0.15) is 36.0 Å². The SMILES string of the molecule is COCCNC(=O)COC(=O)C1=C2CCC/C(=C\c3ccc(O)cc3)C2=CCc2ccccc21. The van der Waals surface area contributed by atoms with Crippen LogP contribution >= 0.6 is 0 Å². The van der Waals surface area contributed by atoms with Crippen molar-refractivity contribution < 1.29 is 24.2 Å². The molecule has 1 amide bonds. The fraction of sp³-hybridized carbons (Fsp3) is 0.286. The van der Waals surface area contributed by atoms with Gasteiger partial charge in [-0.3, -0.25) is 4.79 Å². The van der Waals surface area contributed by atoms with Gasteiger partial charge in [0.2, 0.25) is 0 Å². The largest absolute Gasteiger partial charge is 0.508 e. The summed E-state index contributed by atoms with van der Waals surface area (Å²) in [5, 5.41) is 12.3. The topological polar surface area (TPSA) is 84.9 Å². The fourth-order valence-corrected chi connectivity index (χ4v) is 4.45. The van der Waals surface area contributed by atoms with E-state index in [1.54, 1.807) is 19.2 Å². The van der Waals surface area contributed by atoms with Gasteiger partial charge >= 0.3 is 5.97 Å². The number of methoxy groups -OCH3 is 1. The molecule has 0 spiro atoms. The zero-order valence-electron chi connectivity index (χ0n) is 19.3. The van der Waals surface area contributed by atoms with Crippen LogP contribution in [-0.2, 0) is 25.5 Å². The maximum absolute atomic E-state index is 13.3. The predicted molar refractivity (Wildman–Crippen MR) is 131 cm³/mol. The summed E-state index contributed by atoms with van der Waals surface area (Å²) < 4.78 is 10.4. The number of nitrogens with one attached hydrogen (secondary N) is 1. The smallest absolute Gasteiger partial charge is 0.339 e. The quantitative estimate of drug-likeness (QED) is 0.479. The summed E-state index contributed by atoms with van der Waals surface area (Å²) in [5.74, 6) is -0.611. The molecule has 4 rings (SSSR count). The summed E-state index contributed by atoms with van der Waals surface area (Å²) in [6, 6.07) is 15.0. The van der Waals surface area contributed by atoms with Gasteiger partial charge in [0, 0.05) is 13.7 Å². The minimum absolute atomic E-state index is 0.229. The van der Waals surface area contributed by atoms with Crippen molar-refractivity contribution in [1.82, 2.24) is 5.32 Å². The van der Waals surface area contributed by atoms with Crippen LogP contribution in [0.2, 0.25) is 0 Å². The summed E-state index contributed by atoms with van der Waals surface area (Å²) in [4.78, 5) is 25.4. The van der Waals surface area contributed by atoms with E-state index in [9.17, 15) is 14.7 Å². The number of amides is 1. The van der Waals surface area contributed by atoms with Crippen molar-refractivity contribution in [1.29, 1.82) is 0 Å². The van der Waals surface area contributed by atoms with E-state index in [4.69, 9.17) is 9.47 Å². The number of carbonyl (C=O) groups excluding carboxylic acids is 2. The molecule has 0 unspecified atom stereocenters. The van der Waals surface area contributed by atoms with Gasteiger partial charge in [-0.15, -0.1) is 0 Å². The number of benzene rings is 2. The Morgan fingerprint density at radius 1 is 1.09 bits per heavy atom. The standard InChI is InChI=1S/C28H29NO5/c1-33-16-15-29-26(31)18-34-28(32)27-24-7-3-2-5-20(24)11-14-23-21(6-4-8-25(23)27)17-19-9-12-22(30)13-10-19/h2-3,5,7,9-10,12-14,17,30H,4,6,8,11,15-16,18H2,1H3,(H,29,31)/b21-17+. The zero-order chi connectivity index (χ0) is 23.9. The molecule has 2 aliphatic rings. The van der Waals surface area contributed by atoms with E-state index in [0.29, 0.717) is 25.1 Å². The Kier molecular flexibility index (Phi) is 7.60. The normalized spacial score (nSPS) is 16.3. The van der Waals surface area contributed by atoms with Gasteiger partial charge in [0.25, 0.3) is 5.91 Å². The number of hydrogen-bond donors (Lipinski definition) is 2. The number of phenols is 1. The molecule has 6 nitrogen and oxygen atoms in total. The number of allylic oxidation sites excluding steroid dienone is 4. The molecular formula is C28H29NO5. The monoisotopic (exact) mass is 459 g/mol. The predicted octanol–water partition coefficient (Wildman–Crippen LogP) is 4.20. The summed E-state index contributed by atoms with van der Waals surface area (Å²) in [6.45, 7) is 0.422. The first kappa shape index (κ1) is 23.5. The molecule has 176 valence electrons. The molecule has 0 aliphatic heterocycles. The highest BCUT2D eigenvalue weighted by atomic mass is 16.5. The van der Waals surface area contributed by atoms with Crippen molar-refractivity contribution in [3.8, 4) is 5.75 Å². The lowest BCUT2D eigenvalue weighted by molar-refractivity contribution is -0.143. The number of aromatic hydroxyl groups is 1. The Morgan fingerprint density at radius 3 is 2.68 bits per heavy atom. The third kappa shape index (κ3) is 5.46. The van der Waals surface area contributed by atoms with Crippen molar-refractivity contribution in [3.63, 3.8) is 0 Å². The third-order valence-electron chi connectivity index (χ3n) is 6.06. The van der Waals surface area contributed by atoms with Gasteiger partial charge < -0.3 is 19.9 Å². The van der Waals surface area contributed by atoms with Gasteiger partial charge in [0.05, 0.1) is 12.2 Å². The summed E-state index contributed by atoms with van der Waals surface area (Å²) in [6.07, 6.45) is 7.58. The number of carbonyl (C=O) groups is 2. The molecular weight excluding hydrogens is 430 g/mol. The van der Waals surface area contributed by atoms with Crippen LogP contribution in [0.4, 0.5) is 0 Å². The number of rotatable bonds is 7. The van der Waals surface area contributed by atoms with Gasteiger partial charge in [-0.1, -0.05) is 48.6 Å². The van der Waals surface area contributed by atoms with Crippen molar-refractivity contribution in [2.45, 2.75) is 25.7 Å². The number of ether oxygens (including phenoxy) is 2. The number of fused-ring (bicyclic) bond motifs is 2. The van der Waals surface area contributed by atoms with Crippen LogP contribution in [0.3, 0.4) is 0 Å². The second-order valence-electron chi connectivity index (χ2n) is 8.37. The van der Waals surface area contributed by atoms with Crippen molar-refractivity contribution in [3.05, 3.63) is 88.0 Å². The average Bonchev–Trinajstić information content (AvgIpc) is 3.02. The molecule has 34 heavy (non-hydrogen) atoms. The average molecular weight is 460 g/mol. The van der Waals surface area contributed by atoms with Gasteiger partial charge in [0.1, 0.15) is 5.75 Å². The highest BCUT2D eigenvalue weighted by Gasteiger charge is 2.29. The Bertz CT molecular complexity index is 1160. The highest BCUT2D eigenvalue weighted by Crippen LogP contribution is 2.42. The first-order valence-corrected chi connectivity index (χ1v) is 11.5. The van der Waals surface area contributed by atoms with Crippen molar-refractivity contribution in [2.24, 2.45) is 0 Å². The van der Waals surface area contributed by atoms with Crippen LogP contribution in [0.15, 0.2) is 71.3 Å². The third-order valence-corrected chi connectivity index (χ3v) is 6.06. The lowest BCUT2D eigenvalue weighted by Gasteiger charge is -2.24. The molecule has 0 atom stereocenters. The first-order valence-electron chi connectivity index (χ1n) is 11.5. The van der Waals surface area contributed by atoms with Gasteiger partial charge in [-0.05, 0) is 71.2 Å². The number of esters is 1. The van der Waals surface area contributed by atoms with E-state index in [1.165, 1.54) is 0 Å². The zero-order valence-corrected chi connectivity index (χ0v) is 19.3. The molecule has 2 aromatic rings. The minimum atomic E-state index is -0.483. The molecule has 2 aromatic carbocycles. The summed E-state index contributed by atoms with van der Waals surface area (Å²) in [5.41, 5.74) is 6.63. The van der Waals surface area contributed by atoms with Gasteiger partial charge in [-0.2, -0.15) is 0 Å². The first-order chi connectivity index (χ1) is 16.6. The Balaban J connectivity index is 1.67. The summed E-state index contributed by atoms with van der Waals surface area (Å²) >= 11 is 0. The molecule has 0 saturated heterocycles. The van der Waals surface area contributed by atoms with E-state index in [-0.39, 0.29) is 18.3 Å². The fourth-order valence-electron chi connectivity index (χ4n) is 4.45. The lowest BCUT2D eigenvalue weighted by Crippen LogP contribution is -2.31.